The molecule has 0 aliphatic carbocycles. The summed E-state index contributed by atoms with van der Waals surface area (Å²) in [6, 6.07) is 8.68. The van der Waals surface area contributed by atoms with Crippen LogP contribution in [0.2, 0.25) is 0 Å². The number of nitrogens with one attached hydrogen (secondary N) is 2. The second kappa shape index (κ2) is 8.15. The predicted molar refractivity (Wildman–Crippen MR) is 87.6 cm³/mol. The van der Waals surface area contributed by atoms with Gasteiger partial charge in [0.1, 0.15) is 0 Å². The van der Waals surface area contributed by atoms with Crippen LogP contribution in [0, 0.1) is 0 Å². The van der Waals surface area contributed by atoms with Crippen molar-refractivity contribution in [2.45, 2.75) is 38.6 Å². The fourth-order valence-electron chi connectivity index (χ4n) is 3.00. The van der Waals surface area contributed by atoms with Crippen molar-refractivity contribution >= 4 is 11.6 Å². The Hall–Kier alpha value is -1.39. The summed E-state index contributed by atoms with van der Waals surface area (Å²) in [5.41, 5.74) is 2.22. The fraction of sp³-hybridized carbons (Fsp3) is 0.588. The van der Waals surface area contributed by atoms with Gasteiger partial charge >= 0.3 is 0 Å². The summed E-state index contributed by atoms with van der Waals surface area (Å²) in [6.07, 6.45) is 4.60. The Labute approximate surface area is 127 Å². The van der Waals surface area contributed by atoms with Gasteiger partial charge < -0.3 is 10.6 Å². The second-order valence-corrected chi connectivity index (χ2v) is 5.82. The molecule has 1 atom stereocenters. The van der Waals surface area contributed by atoms with Crippen LogP contribution in [0.4, 0.5) is 5.69 Å². The molecule has 1 aromatic rings. The van der Waals surface area contributed by atoms with Crippen molar-refractivity contribution in [3.05, 3.63) is 29.8 Å². The maximum absolute atomic E-state index is 12.2. The molecule has 1 unspecified atom stereocenters. The lowest BCUT2D eigenvalue weighted by Crippen LogP contribution is -2.41. The van der Waals surface area contributed by atoms with Gasteiger partial charge in [0.25, 0.3) is 0 Å². The van der Waals surface area contributed by atoms with Crippen LogP contribution in [-0.2, 0) is 11.2 Å². The first-order valence-electron chi connectivity index (χ1n) is 8.00. The minimum absolute atomic E-state index is 0.0845. The third-order valence-electron chi connectivity index (χ3n) is 4.06. The molecule has 0 spiro atoms. The zero-order valence-corrected chi connectivity index (χ0v) is 13.2. The first-order chi connectivity index (χ1) is 10.2. The molecule has 1 amide bonds. The molecule has 1 aliphatic heterocycles. The van der Waals surface area contributed by atoms with Crippen LogP contribution in [-0.4, -0.2) is 43.5 Å². The third kappa shape index (κ3) is 4.83. The SMILES string of the molecule is CCCc1ccc(NC(=O)CN2CCCC2CNC)cc1. The number of benzene rings is 1. The standard InChI is InChI=1S/C17H27N3O/c1-3-5-14-7-9-15(10-8-14)19-17(21)13-20-11-4-6-16(20)12-18-2/h7-10,16,18H,3-6,11-13H2,1-2H3,(H,19,21). The van der Waals surface area contributed by atoms with Crippen molar-refractivity contribution in [2.24, 2.45) is 0 Å². The molecule has 4 nitrogen and oxygen atoms in total. The van der Waals surface area contributed by atoms with E-state index >= 15 is 0 Å². The van der Waals surface area contributed by atoms with Gasteiger partial charge in [-0.05, 0) is 50.6 Å². The van der Waals surface area contributed by atoms with Gasteiger partial charge in [0.2, 0.25) is 5.91 Å². The molecular formula is C17H27N3O. The summed E-state index contributed by atoms with van der Waals surface area (Å²) < 4.78 is 0. The van der Waals surface area contributed by atoms with E-state index in [1.807, 2.05) is 19.2 Å². The molecule has 1 aromatic carbocycles. The summed E-state index contributed by atoms with van der Waals surface area (Å²) in [5, 5.41) is 6.21. The van der Waals surface area contributed by atoms with Crippen molar-refractivity contribution < 1.29 is 4.79 Å². The van der Waals surface area contributed by atoms with E-state index in [4.69, 9.17) is 0 Å². The number of carbonyl (C=O) groups excluding carboxylic acids is 1. The minimum Gasteiger partial charge on any atom is -0.325 e. The van der Waals surface area contributed by atoms with Gasteiger partial charge in [-0.2, -0.15) is 0 Å². The quantitative estimate of drug-likeness (QED) is 0.809. The first-order valence-corrected chi connectivity index (χ1v) is 8.00. The summed E-state index contributed by atoms with van der Waals surface area (Å²) in [5.74, 6) is 0.0845. The van der Waals surface area contributed by atoms with Gasteiger partial charge in [0.15, 0.2) is 0 Å². The Kier molecular flexibility index (Phi) is 6.21. The van der Waals surface area contributed by atoms with Gasteiger partial charge in [-0.25, -0.2) is 0 Å². The topological polar surface area (TPSA) is 44.4 Å². The van der Waals surface area contributed by atoms with Crippen molar-refractivity contribution in [1.82, 2.24) is 10.2 Å². The van der Waals surface area contributed by atoms with E-state index < -0.39 is 0 Å². The number of aryl methyl sites for hydroxylation is 1. The molecule has 4 heteroatoms. The number of anilines is 1. The van der Waals surface area contributed by atoms with Crippen LogP contribution in [0.3, 0.4) is 0 Å². The molecule has 0 bridgehead atoms. The van der Waals surface area contributed by atoms with E-state index in [1.54, 1.807) is 0 Å². The number of likely N-dealkylation sites (N-methyl/N-ethyl adjacent to an activating group) is 1. The smallest absolute Gasteiger partial charge is 0.238 e. The second-order valence-electron chi connectivity index (χ2n) is 5.82. The molecule has 2 N–H and O–H groups in total. The highest BCUT2D eigenvalue weighted by molar-refractivity contribution is 5.92. The highest BCUT2D eigenvalue weighted by atomic mass is 16.2. The van der Waals surface area contributed by atoms with Crippen LogP contribution in [0.25, 0.3) is 0 Å². The van der Waals surface area contributed by atoms with Gasteiger partial charge in [0, 0.05) is 18.3 Å². The zero-order valence-electron chi connectivity index (χ0n) is 13.2. The normalized spacial score (nSPS) is 18.9. The molecule has 0 saturated carbocycles. The first kappa shape index (κ1) is 16.0. The summed E-state index contributed by atoms with van der Waals surface area (Å²) in [7, 11) is 1.97. The van der Waals surface area contributed by atoms with Crippen molar-refractivity contribution in [2.75, 3.05) is 32.0 Å². The van der Waals surface area contributed by atoms with E-state index in [0.29, 0.717) is 12.6 Å². The summed E-state index contributed by atoms with van der Waals surface area (Å²) in [4.78, 5) is 14.4. The van der Waals surface area contributed by atoms with E-state index in [2.05, 4.69) is 34.6 Å². The average Bonchev–Trinajstić information content (AvgIpc) is 2.89. The van der Waals surface area contributed by atoms with Gasteiger partial charge in [-0.1, -0.05) is 25.5 Å². The lowest BCUT2D eigenvalue weighted by Gasteiger charge is -2.23. The fourth-order valence-corrected chi connectivity index (χ4v) is 3.00. The van der Waals surface area contributed by atoms with Crippen molar-refractivity contribution in [1.29, 1.82) is 0 Å². The molecule has 0 radical (unpaired) electrons. The van der Waals surface area contributed by atoms with Gasteiger partial charge in [-0.15, -0.1) is 0 Å². The maximum atomic E-state index is 12.2. The molecule has 21 heavy (non-hydrogen) atoms. The van der Waals surface area contributed by atoms with Crippen LogP contribution in [0.15, 0.2) is 24.3 Å². The number of amides is 1. The predicted octanol–water partition coefficient (Wildman–Crippen LogP) is 2.26. The molecular weight excluding hydrogens is 262 g/mol. The van der Waals surface area contributed by atoms with Crippen LogP contribution < -0.4 is 10.6 Å². The highest BCUT2D eigenvalue weighted by Crippen LogP contribution is 2.16. The van der Waals surface area contributed by atoms with Gasteiger partial charge in [-0.3, -0.25) is 9.69 Å². The number of rotatable bonds is 7. The average molecular weight is 289 g/mol. The Morgan fingerprint density at radius 1 is 1.33 bits per heavy atom. The van der Waals surface area contributed by atoms with E-state index in [9.17, 15) is 4.79 Å². The van der Waals surface area contributed by atoms with E-state index in [0.717, 1.165) is 31.6 Å². The lowest BCUT2D eigenvalue weighted by molar-refractivity contribution is -0.117. The molecule has 2 rings (SSSR count). The molecule has 1 heterocycles. The maximum Gasteiger partial charge on any atom is 0.238 e. The lowest BCUT2D eigenvalue weighted by atomic mass is 10.1. The summed E-state index contributed by atoms with van der Waals surface area (Å²) >= 11 is 0. The Bertz CT molecular complexity index is 444. The zero-order chi connectivity index (χ0) is 15.1. The molecule has 1 aliphatic rings. The molecule has 116 valence electrons. The Morgan fingerprint density at radius 2 is 2.10 bits per heavy atom. The van der Waals surface area contributed by atoms with E-state index in [1.165, 1.54) is 18.4 Å². The van der Waals surface area contributed by atoms with Crippen LogP contribution in [0.5, 0.6) is 0 Å². The highest BCUT2D eigenvalue weighted by Gasteiger charge is 2.25. The number of nitrogens with zero attached hydrogens (tertiary/aromatic N) is 1. The number of carbonyl (C=O) groups is 1. The van der Waals surface area contributed by atoms with Crippen LogP contribution >= 0.6 is 0 Å². The number of hydrogen-bond acceptors (Lipinski definition) is 3. The largest absolute Gasteiger partial charge is 0.325 e. The van der Waals surface area contributed by atoms with E-state index in [-0.39, 0.29) is 5.91 Å². The number of hydrogen-bond donors (Lipinski definition) is 2. The third-order valence-corrected chi connectivity index (χ3v) is 4.06. The van der Waals surface area contributed by atoms with Crippen molar-refractivity contribution in [3.8, 4) is 0 Å². The number of likely N-dealkylation sites (tertiary alicyclic amines) is 1. The molecule has 1 saturated heterocycles. The van der Waals surface area contributed by atoms with Crippen LogP contribution in [0.1, 0.15) is 31.7 Å². The Morgan fingerprint density at radius 3 is 2.76 bits per heavy atom. The monoisotopic (exact) mass is 289 g/mol. The Balaban J connectivity index is 1.83. The van der Waals surface area contributed by atoms with Gasteiger partial charge in [0.05, 0.1) is 6.54 Å². The molecule has 0 aromatic heterocycles. The minimum atomic E-state index is 0.0845. The summed E-state index contributed by atoms with van der Waals surface area (Å²) in [6.45, 7) is 4.64. The van der Waals surface area contributed by atoms with Crippen molar-refractivity contribution in [3.63, 3.8) is 0 Å². The molecule has 1 fully saturated rings.